The number of aryl methyl sites for hydroxylation is 1. The second-order valence-corrected chi connectivity index (χ2v) is 4.54. The number of aromatic hydroxyl groups is 2. The van der Waals surface area contributed by atoms with Crippen molar-refractivity contribution in [1.29, 1.82) is 0 Å². The summed E-state index contributed by atoms with van der Waals surface area (Å²) in [5, 5.41) is 20.4. The van der Waals surface area contributed by atoms with Crippen molar-refractivity contribution in [3.05, 3.63) is 35.4 Å². The average Bonchev–Trinajstić information content (AvgIpc) is 2.65. The summed E-state index contributed by atoms with van der Waals surface area (Å²) in [7, 11) is 1.59. The molecular formula is C13H14BrNO3. The van der Waals surface area contributed by atoms with Gasteiger partial charge < -0.3 is 14.9 Å². The van der Waals surface area contributed by atoms with E-state index in [4.69, 9.17) is 4.74 Å². The van der Waals surface area contributed by atoms with Gasteiger partial charge in [0.15, 0.2) is 5.88 Å². The van der Waals surface area contributed by atoms with Gasteiger partial charge in [0, 0.05) is 23.0 Å². The van der Waals surface area contributed by atoms with Crippen LogP contribution in [-0.2, 0) is 5.33 Å². The van der Waals surface area contributed by atoms with Gasteiger partial charge in [-0.25, -0.2) is 0 Å². The number of alkyl halides is 1. The molecular weight excluding hydrogens is 298 g/mol. The highest BCUT2D eigenvalue weighted by Gasteiger charge is 2.15. The Labute approximate surface area is 114 Å². The zero-order valence-electron chi connectivity index (χ0n) is 10.1. The van der Waals surface area contributed by atoms with E-state index in [2.05, 4.69) is 15.9 Å². The summed E-state index contributed by atoms with van der Waals surface area (Å²) in [6.45, 7) is 1.93. The lowest BCUT2D eigenvalue weighted by Crippen LogP contribution is -1.95. The Balaban J connectivity index is 2.58. The molecule has 1 heterocycles. The molecule has 5 heteroatoms. The number of aromatic nitrogens is 1. The molecule has 0 radical (unpaired) electrons. The minimum Gasteiger partial charge on any atom is -0.496 e. The molecule has 2 N–H and O–H groups in total. The number of hydrogen-bond donors (Lipinski definition) is 2. The molecule has 1 aromatic carbocycles. The van der Waals surface area contributed by atoms with Crippen LogP contribution in [0.4, 0.5) is 0 Å². The summed E-state index contributed by atoms with van der Waals surface area (Å²) >= 11 is 3.26. The van der Waals surface area contributed by atoms with Crippen molar-refractivity contribution in [2.75, 3.05) is 7.11 Å². The molecule has 4 nitrogen and oxygen atoms in total. The SMILES string of the molecule is COc1cc(-n2c(O)cc(CBr)c2O)ccc1C. The van der Waals surface area contributed by atoms with E-state index >= 15 is 0 Å². The van der Waals surface area contributed by atoms with Gasteiger partial charge >= 0.3 is 0 Å². The van der Waals surface area contributed by atoms with E-state index in [0.29, 0.717) is 22.3 Å². The summed E-state index contributed by atoms with van der Waals surface area (Å²) in [5.41, 5.74) is 2.28. The topological polar surface area (TPSA) is 54.6 Å². The Kier molecular flexibility index (Phi) is 3.52. The molecule has 0 fully saturated rings. The second-order valence-electron chi connectivity index (χ2n) is 3.97. The molecule has 0 amide bonds. The molecule has 0 saturated heterocycles. The third kappa shape index (κ3) is 2.06. The number of methoxy groups -OCH3 is 1. The largest absolute Gasteiger partial charge is 0.496 e. The van der Waals surface area contributed by atoms with Crippen LogP contribution >= 0.6 is 15.9 Å². The van der Waals surface area contributed by atoms with Crippen molar-refractivity contribution in [3.63, 3.8) is 0 Å². The smallest absolute Gasteiger partial charge is 0.202 e. The van der Waals surface area contributed by atoms with Crippen LogP contribution in [-0.4, -0.2) is 21.9 Å². The fourth-order valence-corrected chi connectivity index (χ4v) is 2.25. The minimum atomic E-state index is -0.00661. The van der Waals surface area contributed by atoms with E-state index in [9.17, 15) is 10.2 Å². The van der Waals surface area contributed by atoms with E-state index in [1.165, 1.54) is 10.6 Å². The quantitative estimate of drug-likeness (QED) is 0.856. The zero-order valence-corrected chi connectivity index (χ0v) is 11.7. The zero-order chi connectivity index (χ0) is 13.3. The highest BCUT2D eigenvalue weighted by Crippen LogP contribution is 2.34. The maximum atomic E-state index is 10.0. The predicted molar refractivity (Wildman–Crippen MR) is 73.0 cm³/mol. The summed E-state index contributed by atoms with van der Waals surface area (Å²) in [6, 6.07) is 6.99. The molecule has 0 saturated carbocycles. The van der Waals surface area contributed by atoms with E-state index in [-0.39, 0.29) is 11.8 Å². The monoisotopic (exact) mass is 311 g/mol. The normalized spacial score (nSPS) is 10.6. The molecule has 1 aromatic heterocycles. The Hall–Kier alpha value is -1.62. The average molecular weight is 312 g/mol. The molecule has 0 bridgehead atoms. The maximum Gasteiger partial charge on any atom is 0.202 e. The Morgan fingerprint density at radius 1 is 1.28 bits per heavy atom. The molecule has 96 valence electrons. The Morgan fingerprint density at radius 2 is 2.00 bits per heavy atom. The summed E-state index contributed by atoms with van der Waals surface area (Å²) in [5.74, 6) is 0.725. The minimum absolute atomic E-state index is 0.00661. The predicted octanol–water partition coefficient (Wildman–Crippen LogP) is 3.10. The van der Waals surface area contributed by atoms with E-state index < -0.39 is 0 Å². The van der Waals surface area contributed by atoms with Crippen LogP contribution in [0, 0.1) is 6.92 Å². The highest BCUT2D eigenvalue weighted by molar-refractivity contribution is 9.08. The van der Waals surface area contributed by atoms with Gasteiger partial charge in [0.25, 0.3) is 0 Å². The lowest BCUT2D eigenvalue weighted by Gasteiger charge is -2.10. The van der Waals surface area contributed by atoms with Gasteiger partial charge in [-0.1, -0.05) is 22.0 Å². The number of hydrogen-bond acceptors (Lipinski definition) is 3. The fraction of sp³-hybridized carbons (Fsp3) is 0.231. The first-order valence-electron chi connectivity index (χ1n) is 5.42. The van der Waals surface area contributed by atoms with Crippen molar-refractivity contribution < 1.29 is 14.9 Å². The third-order valence-electron chi connectivity index (χ3n) is 2.83. The van der Waals surface area contributed by atoms with E-state index in [0.717, 1.165) is 5.56 Å². The van der Waals surface area contributed by atoms with Crippen LogP contribution in [0.2, 0.25) is 0 Å². The number of halogens is 1. The molecule has 2 aromatic rings. The first-order chi connectivity index (χ1) is 8.58. The lowest BCUT2D eigenvalue weighted by atomic mass is 10.2. The highest BCUT2D eigenvalue weighted by atomic mass is 79.9. The van der Waals surface area contributed by atoms with Gasteiger partial charge in [-0.15, -0.1) is 0 Å². The first-order valence-corrected chi connectivity index (χ1v) is 6.54. The van der Waals surface area contributed by atoms with Gasteiger partial charge in [-0.3, -0.25) is 4.57 Å². The molecule has 18 heavy (non-hydrogen) atoms. The van der Waals surface area contributed by atoms with Crippen molar-refractivity contribution in [2.45, 2.75) is 12.3 Å². The number of ether oxygens (including phenoxy) is 1. The van der Waals surface area contributed by atoms with Crippen LogP contribution in [0.5, 0.6) is 17.5 Å². The standard InChI is InChI=1S/C13H14BrNO3/c1-8-3-4-10(6-11(8)18-2)15-12(16)5-9(7-14)13(15)17/h3-6,16-17H,7H2,1-2H3. The van der Waals surface area contributed by atoms with Gasteiger partial charge in [-0.2, -0.15) is 0 Å². The molecule has 0 aliphatic rings. The van der Waals surface area contributed by atoms with E-state index in [1.54, 1.807) is 13.2 Å². The Bertz CT molecular complexity index is 578. The molecule has 2 rings (SSSR count). The van der Waals surface area contributed by atoms with E-state index in [1.807, 2.05) is 19.1 Å². The van der Waals surface area contributed by atoms with Crippen molar-refractivity contribution in [2.24, 2.45) is 0 Å². The van der Waals surface area contributed by atoms with Gasteiger partial charge in [0.05, 0.1) is 12.8 Å². The second kappa shape index (κ2) is 4.94. The lowest BCUT2D eigenvalue weighted by molar-refractivity contribution is 0.398. The molecule has 0 spiro atoms. The maximum absolute atomic E-state index is 10.0. The van der Waals surface area contributed by atoms with Crippen LogP contribution in [0.25, 0.3) is 5.69 Å². The molecule has 0 aliphatic heterocycles. The van der Waals surface area contributed by atoms with Gasteiger partial charge in [0.1, 0.15) is 5.75 Å². The number of benzene rings is 1. The van der Waals surface area contributed by atoms with Crippen LogP contribution in [0.3, 0.4) is 0 Å². The summed E-state index contributed by atoms with van der Waals surface area (Å²) in [4.78, 5) is 0. The number of nitrogens with zero attached hydrogens (tertiary/aromatic N) is 1. The first kappa shape index (κ1) is 12.8. The van der Waals surface area contributed by atoms with Crippen molar-refractivity contribution in [3.8, 4) is 23.2 Å². The fourth-order valence-electron chi connectivity index (χ4n) is 1.84. The molecule has 0 atom stereocenters. The van der Waals surface area contributed by atoms with Crippen molar-refractivity contribution in [1.82, 2.24) is 4.57 Å². The van der Waals surface area contributed by atoms with Crippen LogP contribution < -0.4 is 4.74 Å². The van der Waals surface area contributed by atoms with Crippen LogP contribution in [0.15, 0.2) is 24.3 Å². The third-order valence-corrected chi connectivity index (χ3v) is 3.43. The summed E-state index contributed by atoms with van der Waals surface area (Å²) < 4.78 is 6.61. The van der Waals surface area contributed by atoms with Crippen molar-refractivity contribution >= 4 is 15.9 Å². The molecule has 0 aliphatic carbocycles. The van der Waals surface area contributed by atoms with Gasteiger partial charge in [-0.05, 0) is 18.6 Å². The summed E-state index contributed by atoms with van der Waals surface area (Å²) in [6.07, 6.45) is 0. The number of rotatable bonds is 3. The van der Waals surface area contributed by atoms with Crippen LogP contribution in [0.1, 0.15) is 11.1 Å². The Morgan fingerprint density at radius 3 is 2.56 bits per heavy atom. The molecule has 0 unspecified atom stereocenters. The van der Waals surface area contributed by atoms with Gasteiger partial charge in [0.2, 0.25) is 5.88 Å².